The average molecular weight is 303 g/mol. The topological polar surface area (TPSA) is 43.8 Å². The van der Waals surface area contributed by atoms with E-state index in [-0.39, 0.29) is 5.54 Å². The van der Waals surface area contributed by atoms with Crippen molar-refractivity contribution in [1.29, 1.82) is 0 Å². The summed E-state index contributed by atoms with van der Waals surface area (Å²) in [6, 6.07) is 6.09. The van der Waals surface area contributed by atoms with Gasteiger partial charge >= 0.3 is 0 Å². The van der Waals surface area contributed by atoms with Gasteiger partial charge in [-0.05, 0) is 26.0 Å². The van der Waals surface area contributed by atoms with E-state index in [1.54, 1.807) is 0 Å². The Morgan fingerprint density at radius 2 is 2.00 bits per heavy atom. The molecule has 0 unspecified atom stereocenters. The number of likely N-dealkylation sites (tertiary alicyclic amines) is 1. The van der Waals surface area contributed by atoms with Crippen molar-refractivity contribution in [3.63, 3.8) is 0 Å². The largest absolute Gasteiger partial charge is 0.363 e. The third kappa shape index (κ3) is 2.89. The number of nitrogens with one attached hydrogen (secondary N) is 1. The Morgan fingerprint density at radius 3 is 2.50 bits per heavy atom. The SMILES string of the molecule is CN=C(NCc1cccc(N(C)C)n1)N1CC(C)(C)C1(C)C. The molecule has 0 aliphatic carbocycles. The van der Waals surface area contributed by atoms with Crippen molar-refractivity contribution < 1.29 is 0 Å². The molecule has 0 spiro atoms. The molecule has 5 heteroatoms. The quantitative estimate of drug-likeness (QED) is 0.687. The van der Waals surface area contributed by atoms with E-state index >= 15 is 0 Å². The van der Waals surface area contributed by atoms with Crippen molar-refractivity contribution >= 4 is 11.8 Å². The van der Waals surface area contributed by atoms with Gasteiger partial charge in [0.05, 0.1) is 12.2 Å². The van der Waals surface area contributed by atoms with E-state index in [1.165, 1.54) is 0 Å². The molecule has 1 aliphatic heterocycles. The van der Waals surface area contributed by atoms with Crippen LogP contribution in [0.4, 0.5) is 5.82 Å². The van der Waals surface area contributed by atoms with Gasteiger partial charge in [-0.15, -0.1) is 0 Å². The van der Waals surface area contributed by atoms with Crippen LogP contribution in [0, 0.1) is 5.41 Å². The van der Waals surface area contributed by atoms with Crippen molar-refractivity contribution in [1.82, 2.24) is 15.2 Å². The average Bonchev–Trinajstić information content (AvgIpc) is 2.47. The summed E-state index contributed by atoms with van der Waals surface area (Å²) in [5, 5.41) is 3.44. The highest BCUT2D eigenvalue weighted by Gasteiger charge is 2.53. The van der Waals surface area contributed by atoms with E-state index in [0.29, 0.717) is 12.0 Å². The predicted molar refractivity (Wildman–Crippen MR) is 93.3 cm³/mol. The van der Waals surface area contributed by atoms with Crippen molar-refractivity contribution in [3.8, 4) is 0 Å². The van der Waals surface area contributed by atoms with Crippen LogP contribution in [0.5, 0.6) is 0 Å². The monoisotopic (exact) mass is 303 g/mol. The molecule has 1 fully saturated rings. The van der Waals surface area contributed by atoms with Crippen molar-refractivity contribution in [2.24, 2.45) is 10.4 Å². The van der Waals surface area contributed by atoms with Crippen LogP contribution >= 0.6 is 0 Å². The maximum Gasteiger partial charge on any atom is 0.194 e. The number of rotatable bonds is 3. The molecular weight excluding hydrogens is 274 g/mol. The van der Waals surface area contributed by atoms with E-state index in [4.69, 9.17) is 0 Å². The highest BCUT2D eigenvalue weighted by atomic mass is 15.4. The molecule has 22 heavy (non-hydrogen) atoms. The minimum Gasteiger partial charge on any atom is -0.363 e. The molecule has 1 aromatic heterocycles. The zero-order valence-electron chi connectivity index (χ0n) is 14.9. The molecule has 0 saturated carbocycles. The molecule has 1 saturated heterocycles. The Bertz CT molecular complexity index is 560. The third-order valence-corrected chi connectivity index (χ3v) is 5.03. The number of anilines is 1. The zero-order chi connectivity index (χ0) is 16.5. The van der Waals surface area contributed by atoms with Gasteiger partial charge in [0.25, 0.3) is 0 Å². The fourth-order valence-corrected chi connectivity index (χ4v) is 2.68. The van der Waals surface area contributed by atoms with Gasteiger partial charge in [0, 0.05) is 38.6 Å². The van der Waals surface area contributed by atoms with Gasteiger partial charge < -0.3 is 15.1 Å². The van der Waals surface area contributed by atoms with E-state index in [1.807, 2.05) is 44.2 Å². The molecule has 5 nitrogen and oxygen atoms in total. The van der Waals surface area contributed by atoms with E-state index < -0.39 is 0 Å². The molecule has 0 amide bonds. The standard InChI is InChI=1S/C17H29N5/c1-16(2)12-22(17(16,3)4)15(18-5)19-11-13-9-8-10-14(20-13)21(6)7/h8-10H,11-12H2,1-7H3,(H,18,19). The summed E-state index contributed by atoms with van der Waals surface area (Å²) in [6.07, 6.45) is 0. The maximum atomic E-state index is 4.64. The zero-order valence-corrected chi connectivity index (χ0v) is 14.9. The van der Waals surface area contributed by atoms with Crippen molar-refractivity contribution in [2.45, 2.75) is 39.8 Å². The van der Waals surface area contributed by atoms with Crippen LogP contribution in [0.1, 0.15) is 33.4 Å². The first-order valence-corrected chi connectivity index (χ1v) is 7.80. The summed E-state index contributed by atoms with van der Waals surface area (Å²) < 4.78 is 0. The predicted octanol–water partition coefficient (Wildman–Crippen LogP) is 2.34. The summed E-state index contributed by atoms with van der Waals surface area (Å²) in [4.78, 5) is 13.4. The molecule has 1 aromatic rings. The Labute approximate surface area is 134 Å². The molecule has 1 aliphatic rings. The lowest BCUT2D eigenvalue weighted by Crippen LogP contribution is -2.72. The first-order valence-electron chi connectivity index (χ1n) is 7.80. The van der Waals surface area contributed by atoms with Crippen LogP contribution in [0.2, 0.25) is 0 Å². The molecule has 0 aromatic carbocycles. The Hall–Kier alpha value is -1.78. The van der Waals surface area contributed by atoms with Gasteiger partial charge in [-0.3, -0.25) is 4.99 Å². The highest BCUT2D eigenvalue weighted by Crippen LogP contribution is 2.46. The minimum absolute atomic E-state index is 0.105. The van der Waals surface area contributed by atoms with Crippen LogP contribution in [0.25, 0.3) is 0 Å². The minimum atomic E-state index is 0.105. The number of nitrogens with zero attached hydrogens (tertiary/aromatic N) is 4. The Morgan fingerprint density at radius 1 is 1.32 bits per heavy atom. The van der Waals surface area contributed by atoms with E-state index in [2.05, 4.69) is 47.9 Å². The van der Waals surface area contributed by atoms with E-state index in [9.17, 15) is 0 Å². The van der Waals surface area contributed by atoms with Gasteiger partial charge in [0.2, 0.25) is 0 Å². The van der Waals surface area contributed by atoms with Crippen LogP contribution < -0.4 is 10.2 Å². The van der Waals surface area contributed by atoms with Gasteiger partial charge in [-0.2, -0.15) is 0 Å². The maximum absolute atomic E-state index is 4.64. The second-order valence-corrected chi connectivity index (χ2v) is 7.31. The Kier molecular flexibility index (Phi) is 4.36. The van der Waals surface area contributed by atoms with Crippen LogP contribution in [0.15, 0.2) is 23.2 Å². The summed E-state index contributed by atoms with van der Waals surface area (Å²) >= 11 is 0. The molecule has 0 atom stereocenters. The first-order chi connectivity index (χ1) is 10.2. The number of pyridine rings is 1. The second-order valence-electron chi connectivity index (χ2n) is 7.31. The van der Waals surface area contributed by atoms with Crippen LogP contribution in [-0.4, -0.2) is 49.1 Å². The highest BCUT2D eigenvalue weighted by molar-refractivity contribution is 5.81. The fraction of sp³-hybridized carbons (Fsp3) is 0.647. The number of aliphatic imine (C=N–C) groups is 1. The van der Waals surface area contributed by atoms with Gasteiger partial charge in [0.15, 0.2) is 5.96 Å². The lowest BCUT2D eigenvalue weighted by Gasteiger charge is -2.62. The molecule has 2 heterocycles. The van der Waals surface area contributed by atoms with Gasteiger partial charge in [0.1, 0.15) is 5.82 Å². The van der Waals surface area contributed by atoms with Crippen LogP contribution in [-0.2, 0) is 6.54 Å². The number of hydrogen-bond donors (Lipinski definition) is 1. The second kappa shape index (κ2) is 5.78. The van der Waals surface area contributed by atoms with E-state index in [0.717, 1.165) is 24.0 Å². The number of aromatic nitrogens is 1. The summed E-state index contributed by atoms with van der Waals surface area (Å²) in [6.45, 7) is 10.9. The number of hydrogen-bond acceptors (Lipinski definition) is 3. The smallest absolute Gasteiger partial charge is 0.194 e. The summed E-state index contributed by atoms with van der Waals surface area (Å²) in [7, 11) is 5.85. The molecule has 0 bridgehead atoms. The lowest BCUT2D eigenvalue weighted by molar-refractivity contribution is -0.0668. The lowest BCUT2D eigenvalue weighted by atomic mass is 9.65. The third-order valence-electron chi connectivity index (χ3n) is 5.03. The molecule has 1 N–H and O–H groups in total. The van der Waals surface area contributed by atoms with Crippen molar-refractivity contribution in [2.75, 3.05) is 32.6 Å². The van der Waals surface area contributed by atoms with Gasteiger partial charge in [-0.25, -0.2) is 4.98 Å². The summed E-state index contributed by atoms with van der Waals surface area (Å²) in [5.74, 6) is 1.92. The summed E-state index contributed by atoms with van der Waals surface area (Å²) in [5.41, 5.74) is 1.42. The molecule has 0 radical (unpaired) electrons. The molecule has 122 valence electrons. The Balaban J connectivity index is 2.03. The fourth-order valence-electron chi connectivity index (χ4n) is 2.68. The molecule has 2 rings (SSSR count). The first kappa shape index (κ1) is 16.6. The van der Waals surface area contributed by atoms with Gasteiger partial charge in [-0.1, -0.05) is 19.9 Å². The van der Waals surface area contributed by atoms with Crippen LogP contribution in [0.3, 0.4) is 0 Å². The normalized spacial score (nSPS) is 19.6. The van der Waals surface area contributed by atoms with Crippen molar-refractivity contribution in [3.05, 3.63) is 23.9 Å². The molecular formula is C17H29N5. The number of guanidine groups is 1.